The van der Waals surface area contributed by atoms with E-state index in [1.54, 1.807) is 73.7 Å². The highest BCUT2D eigenvalue weighted by atomic mass is 32.2. The van der Waals surface area contributed by atoms with Crippen LogP contribution in [0.15, 0.2) is 119 Å². The highest BCUT2D eigenvalue weighted by molar-refractivity contribution is 7.92. The molecule has 0 unspecified atom stereocenters. The summed E-state index contributed by atoms with van der Waals surface area (Å²) in [5, 5.41) is 18.0. The molecule has 0 radical (unpaired) electrons. The maximum atomic E-state index is 13.4. The zero-order valence-electron chi connectivity index (χ0n) is 21.8. The second kappa shape index (κ2) is 12.7. The molecule has 0 fully saturated rings. The molecule has 0 spiro atoms. The molecule has 12 heteroatoms. The third-order valence-corrected chi connectivity index (χ3v) is 7.68. The lowest BCUT2D eigenvalue weighted by molar-refractivity contribution is -0.384. The van der Waals surface area contributed by atoms with Crippen LogP contribution in [-0.4, -0.2) is 37.4 Å². The van der Waals surface area contributed by atoms with Gasteiger partial charge in [0.15, 0.2) is 0 Å². The van der Waals surface area contributed by atoms with Crippen LogP contribution in [0.5, 0.6) is 0 Å². The van der Waals surface area contributed by atoms with Crippen molar-refractivity contribution >= 4 is 44.6 Å². The van der Waals surface area contributed by atoms with Gasteiger partial charge in [0.2, 0.25) is 0 Å². The summed E-state index contributed by atoms with van der Waals surface area (Å²) in [6, 6.07) is 28.0. The van der Waals surface area contributed by atoms with Gasteiger partial charge in [0.1, 0.15) is 6.54 Å². The molecule has 0 aromatic heterocycles. The fourth-order valence-corrected chi connectivity index (χ4v) is 5.21. The average molecular weight is 572 g/mol. The molecule has 0 aliphatic carbocycles. The van der Waals surface area contributed by atoms with Gasteiger partial charge in [-0.15, -0.1) is 0 Å². The van der Waals surface area contributed by atoms with Crippen molar-refractivity contribution in [3.05, 3.63) is 130 Å². The van der Waals surface area contributed by atoms with E-state index in [2.05, 4.69) is 15.8 Å². The first-order valence-corrected chi connectivity index (χ1v) is 13.7. The van der Waals surface area contributed by atoms with E-state index >= 15 is 0 Å². The van der Waals surface area contributed by atoms with Gasteiger partial charge in [-0.2, -0.15) is 5.10 Å². The second-order valence-corrected chi connectivity index (χ2v) is 10.6. The van der Waals surface area contributed by atoms with Crippen molar-refractivity contribution in [3.8, 4) is 0 Å². The number of nitrogens with zero attached hydrogens (tertiary/aromatic N) is 3. The number of anilines is 2. The maximum absolute atomic E-state index is 13.4. The Morgan fingerprint density at radius 3 is 2.10 bits per heavy atom. The molecule has 0 saturated heterocycles. The molecular weight excluding hydrogens is 546 g/mol. The summed E-state index contributed by atoms with van der Waals surface area (Å²) in [6.45, 7) is 1.01. The number of nitrogens with one attached hydrogen (secondary N) is 2. The van der Waals surface area contributed by atoms with E-state index < -0.39 is 27.4 Å². The van der Waals surface area contributed by atoms with Crippen molar-refractivity contribution < 1.29 is 22.9 Å². The molecule has 4 aromatic rings. The van der Waals surface area contributed by atoms with Gasteiger partial charge in [-0.05, 0) is 61.0 Å². The van der Waals surface area contributed by atoms with Crippen LogP contribution in [0.25, 0.3) is 0 Å². The van der Waals surface area contributed by atoms with Crippen molar-refractivity contribution in [1.82, 2.24) is 5.43 Å². The highest BCUT2D eigenvalue weighted by Crippen LogP contribution is 2.25. The van der Waals surface area contributed by atoms with Gasteiger partial charge >= 0.3 is 0 Å². The second-order valence-electron chi connectivity index (χ2n) is 8.73. The van der Waals surface area contributed by atoms with Crippen LogP contribution in [0.3, 0.4) is 0 Å². The van der Waals surface area contributed by atoms with Crippen LogP contribution >= 0.6 is 0 Å². The fourth-order valence-electron chi connectivity index (χ4n) is 3.77. The molecule has 11 nitrogen and oxygen atoms in total. The highest BCUT2D eigenvalue weighted by Gasteiger charge is 2.27. The molecule has 2 amide bonds. The minimum atomic E-state index is -4.20. The zero-order chi connectivity index (χ0) is 29.4. The number of carbonyl (C=O) groups is 2. The molecule has 208 valence electrons. The van der Waals surface area contributed by atoms with Gasteiger partial charge in [-0.25, -0.2) is 13.8 Å². The third-order valence-electron chi connectivity index (χ3n) is 5.89. The first-order chi connectivity index (χ1) is 19.6. The van der Waals surface area contributed by atoms with E-state index in [0.717, 1.165) is 16.4 Å². The Balaban J connectivity index is 1.51. The lowest BCUT2D eigenvalue weighted by Crippen LogP contribution is -2.39. The van der Waals surface area contributed by atoms with Gasteiger partial charge in [0, 0.05) is 23.4 Å². The number of benzene rings is 4. The number of nitro benzene ring substituents is 1. The number of amides is 2. The number of hydrogen-bond acceptors (Lipinski definition) is 7. The van der Waals surface area contributed by atoms with E-state index in [0.29, 0.717) is 22.5 Å². The van der Waals surface area contributed by atoms with Crippen LogP contribution < -0.4 is 15.0 Å². The Kier molecular flexibility index (Phi) is 8.85. The molecule has 41 heavy (non-hydrogen) atoms. The van der Waals surface area contributed by atoms with Crippen LogP contribution in [-0.2, 0) is 14.8 Å². The minimum Gasteiger partial charge on any atom is -0.322 e. The van der Waals surface area contributed by atoms with Gasteiger partial charge in [-0.3, -0.25) is 24.0 Å². The number of sulfonamides is 1. The monoisotopic (exact) mass is 571 g/mol. The van der Waals surface area contributed by atoms with Crippen molar-refractivity contribution in [3.63, 3.8) is 0 Å². The van der Waals surface area contributed by atoms with Crippen molar-refractivity contribution in [1.29, 1.82) is 0 Å². The van der Waals surface area contributed by atoms with Crippen molar-refractivity contribution in [2.75, 3.05) is 16.2 Å². The van der Waals surface area contributed by atoms with E-state index in [9.17, 15) is 28.1 Å². The molecule has 0 atom stereocenters. The summed E-state index contributed by atoms with van der Waals surface area (Å²) in [6.07, 6.45) is 0. The van der Waals surface area contributed by atoms with Crippen LogP contribution in [0.4, 0.5) is 17.1 Å². The van der Waals surface area contributed by atoms with E-state index in [4.69, 9.17) is 0 Å². The van der Waals surface area contributed by atoms with Crippen molar-refractivity contribution in [2.45, 2.75) is 11.8 Å². The maximum Gasteiger partial charge on any atom is 0.269 e. The standard InChI is InChI=1S/C29H25N5O6S/c1-21(23-11-8-12-24(19-23)30-29(36)22-9-4-2-5-10-22)31-32-28(35)20-33(25-15-17-26(18-16-25)34(37)38)41(39,40)27-13-6-3-7-14-27/h2-19H,20H2,1H3,(H,30,36)(H,32,35)/b31-21-. The largest absolute Gasteiger partial charge is 0.322 e. The first kappa shape index (κ1) is 28.6. The average Bonchev–Trinajstić information content (AvgIpc) is 2.99. The summed E-state index contributed by atoms with van der Waals surface area (Å²) >= 11 is 0. The van der Waals surface area contributed by atoms with E-state index in [1.807, 2.05) is 6.07 Å². The number of non-ortho nitro benzene ring substituents is 1. The molecule has 0 saturated carbocycles. The van der Waals surface area contributed by atoms with Crippen LogP contribution in [0.2, 0.25) is 0 Å². The van der Waals surface area contributed by atoms with Crippen LogP contribution in [0, 0.1) is 10.1 Å². The molecule has 2 N–H and O–H groups in total. The minimum absolute atomic E-state index is 0.0554. The summed E-state index contributed by atoms with van der Waals surface area (Å²) in [4.78, 5) is 35.8. The Morgan fingerprint density at radius 1 is 0.854 bits per heavy atom. The summed E-state index contributed by atoms with van der Waals surface area (Å²) in [5.74, 6) is -1.02. The Morgan fingerprint density at radius 2 is 1.46 bits per heavy atom. The molecule has 0 bridgehead atoms. The quantitative estimate of drug-likeness (QED) is 0.162. The predicted octanol–water partition coefficient (Wildman–Crippen LogP) is 4.58. The lowest BCUT2D eigenvalue weighted by Gasteiger charge is -2.23. The molecule has 0 aliphatic rings. The van der Waals surface area contributed by atoms with Gasteiger partial charge in [-0.1, -0.05) is 48.5 Å². The summed E-state index contributed by atoms with van der Waals surface area (Å²) < 4.78 is 27.7. The Bertz CT molecular complexity index is 1690. The summed E-state index contributed by atoms with van der Waals surface area (Å²) in [7, 11) is -4.20. The predicted molar refractivity (Wildman–Crippen MR) is 155 cm³/mol. The van der Waals surface area contributed by atoms with E-state index in [1.165, 1.54) is 24.3 Å². The molecule has 4 rings (SSSR count). The van der Waals surface area contributed by atoms with Gasteiger partial charge in [0.05, 0.1) is 21.2 Å². The molecular formula is C29H25N5O6S. The van der Waals surface area contributed by atoms with Gasteiger partial charge in [0.25, 0.3) is 27.5 Å². The molecule has 0 aliphatic heterocycles. The number of hydrazone groups is 1. The molecule has 0 heterocycles. The number of hydrogen-bond donors (Lipinski definition) is 2. The van der Waals surface area contributed by atoms with Crippen molar-refractivity contribution in [2.24, 2.45) is 5.10 Å². The number of rotatable bonds is 10. The Labute approximate surface area is 236 Å². The smallest absolute Gasteiger partial charge is 0.269 e. The third kappa shape index (κ3) is 7.19. The van der Waals surface area contributed by atoms with Gasteiger partial charge < -0.3 is 5.32 Å². The summed E-state index contributed by atoms with van der Waals surface area (Å²) in [5.41, 5.74) is 4.25. The zero-order valence-corrected chi connectivity index (χ0v) is 22.6. The molecule has 4 aromatic carbocycles. The number of nitro groups is 1. The normalized spacial score (nSPS) is 11.4. The topological polar surface area (TPSA) is 151 Å². The Hall–Kier alpha value is -5.36. The number of carbonyl (C=O) groups excluding carboxylic acids is 2. The fraction of sp³-hybridized carbons (Fsp3) is 0.0690. The first-order valence-electron chi connectivity index (χ1n) is 12.3. The SMILES string of the molecule is C/C(=N/NC(=O)CN(c1ccc([N+](=O)[O-])cc1)S(=O)(=O)c1ccccc1)c1cccc(NC(=O)c2ccccc2)c1. The van der Waals surface area contributed by atoms with Crippen LogP contribution in [0.1, 0.15) is 22.8 Å². The van der Waals surface area contributed by atoms with E-state index in [-0.39, 0.29) is 22.2 Å². The lowest BCUT2D eigenvalue weighted by atomic mass is 10.1.